The minimum Gasteiger partial charge on any atom is -0.493 e. The molecule has 0 radical (unpaired) electrons. The Balaban J connectivity index is 1.48. The highest BCUT2D eigenvalue weighted by Gasteiger charge is 2.36. The van der Waals surface area contributed by atoms with Gasteiger partial charge in [-0.15, -0.1) is 0 Å². The Morgan fingerprint density at radius 2 is 1.71 bits per heavy atom. The fourth-order valence-corrected chi connectivity index (χ4v) is 4.76. The van der Waals surface area contributed by atoms with E-state index in [-0.39, 0.29) is 17.5 Å². The van der Waals surface area contributed by atoms with Gasteiger partial charge in [-0.1, -0.05) is 50.2 Å². The lowest BCUT2D eigenvalue weighted by molar-refractivity contribution is -0.116. The zero-order valence-corrected chi connectivity index (χ0v) is 19.5. The summed E-state index contributed by atoms with van der Waals surface area (Å²) in [5.74, 6) is 1.14. The van der Waals surface area contributed by atoms with Crippen molar-refractivity contribution in [2.45, 2.75) is 38.6 Å². The first-order chi connectivity index (χ1) is 16.5. The molecule has 1 aliphatic heterocycles. The van der Waals surface area contributed by atoms with Gasteiger partial charge in [0.2, 0.25) is 0 Å². The van der Waals surface area contributed by atoms with Crippen molar-refractivity contribution < 1.29 is 13.9 Å². The topological polar surface area (TPSA) is 50.4 Å². The number of benzene rings is 3. The van der Waals surface area contributed by atoms with E-state index in [0.29, 0.717) is 30.9 Å². The molecule has 1 heterocycles. The molecular formula is C29H29FN2O2. The number of fused-ring (bicyclic) bond motifs is 1. The molecule has 2 aliphatic rings. The van der Waals surface area contributed by atoms with E-state index in [1.165, 1.54) is 12.1 Å². The second-order valence-electron chi connectivity index (χ2n) is 9.50. The Hall–Kier alpha value is -3.60. The molecule has 34 heavy (non-hydrogen) atoms. The molecule has 1 aliphatic carbocycles. The van der Waals surface area contributed by atoms with Gasteiger partial charge >= 0.3 is 0 Å². The van der Waals surface area contributed by atoms with Crippen LogP contribution in [0.4, 0.5) is 15.8 Å². The first kappa shape index (κ1) is 22.2. The molecule has 0 amide bonds. The minimum atomic E-state index is -0.415. The number of para-hydroxylation sites is 2. The van der Waals surface area contributed by atoms with Crippen molar-refractivity contribution in [3.63, 3.8) is 0 Å². The Labute approximate surface area is 199 Å². The van der Waals surface area contributed by atoms with Crippen LogP contribution in [0.25, 0.3) is 0 Å². The molecule has 2 N–H and O–H groups in total. The predicted octanol–water partition coefficient (Wildman–Crippen LogP) is 6.84. The highest BCUT2D eigenvalue weighted by molar-refractivity contribution is 6.01. The average molecular weight is 457 g/mol. The number of rotatable bonds is 5. The third kappa shape index (κ3) is 4.56. The van der Waals surface area contributed by atoms with E-state index in [9.17, 15) is 9.18 Å². The number of hydrogen-bond donors (Lipinski definition) is 2. The van der Waals surface area contributed by atoms with Crippen LogP contribution in [0.3, 0.4) is 0 Å². The number of allylic oxidation sites excluding steroid dienone is 1. The lowest BCUT2D eigenvalue weighted by Gasteiger charge is -2.30. The van der Waals surface area contributed by atoms with Crippen LogP contribution < -0.4 is 15.4 Å². The number of hydrogen-bond acceptors (Lipinski definition) is 4. The molecule has 0 bridgehead atoms. The minimum absolute atomic E-state index is 0.0660. The molecule has 2 unspecified atom stereocenters. The summed E-state index contributed by atoms with van der Waals surface area (Å²) in [6, 6.07) is 22.1. The normalized spacial score (nSPS) is 19.6. The van der Waals surface area contributed by atoms with Gasteiger partial charge in [-0.25, -0.2) is 4.39 Å². The average Bonchev–Trinajstić information content (AvgIpc) is 3.00. The van der Waals surface area contributed by atoms with Crippen LogP contribution in [-0.2, 0) is 4.79 Å². The first-order valence-corrected chi connectivity index (χ1v) is 11.8. The van der Waals surface area contributed by atoms with Crippen molar-refractivity contribution in [2.24, 2.45) is 5.92 Å². The van der Waals surface area contributed by atoms with Crippen molar-refractivity contribution in [1.82, 2.24) is 0 Å². The number of nitrogens with one attached hydrogen (secondary N) is 2. The van der Waals surface area contributed by atoms with Crippen molar-refractivity contribution >= 4 is 17.2 Å². The van der Waals surface area contributed by atoms with E-state index in [4.69, 9.17) is 4.74 Å². The molecule has 0 saturated heterocycles. The SMILES string of the molecule is CC(C)COc1ccc(C2CC(=O)C3=C(C2)Nc2ccccc2NC3c2cccc(F)c2)cc1. The van der Waals surface area contributed by atoms with Crippen molar-refractivity contribution in [3.8, 4) is 5.75 Å². The molecule has 3 aromatic carbocycles. The maximum Gasteiger partial charge on any atom is 0.163 e. The fourth-order valence-electron chi connectivity index (χ4n) is 4.76. The number of ketones is 1. The second kappa shape index (κ2) is 9.34. The summed E-state index contributed by atoms with van der Waals surface area (Å²) in [4.78, 5) is 13.6. The molecule has 5 rings (SSSR count). The molecular weight excluding hydrogens is 427 g/mol. The molecule has 0 aromatic heterocycles. The van der Waals surface area contributed by atoms with Crippen LogP contribution in [0.1, 0.15) is 49.8 Å². The summed E-state index contributed by atoms with van der Waals surface area (Å²) < 4.78 is 19.9. The quantitative estimate of drug-likeness (QED) is 0.441. The number of carbonyl (C=O) groups is 1. The maximum atomic E-state index is 14.1. The zero-order valence-electron chi connectivity index (χ0n) is 19.5. The van der Waals surface area contributed by atoms with Gasteiger partial charge in [-0.05, 0) is 65.8 Å². The fraction of sp³-hybridized carbons (Fsp3) is 0.276. The van der Waals surface area contributed by atoms with Gasteiger partial charge < -0.3 is 15.4 Å². The number of Topliss-reactive ketones (excluding diaryl/α,β-unsaturated/α-hetero) is 1. The van der Waals surface area contributed by atoms with E-state index in [2.05, 4.69) is 36.6 Å². The highest BCUT2D eigenvalue weighted by atomic mass is 19.1. The van der Waals surface area contributed by atoms with Crippen LogP contribution in [-0.4, -0.2) is 12.4 Å². The van der Waals surface area contributed by atoms with Crippen molar-refractivity contribution in [3.05, 3.63) is 101 Å². The lowest BCUT2D eigenvalue weighted by Crippen LogP contribution is -2.27. The largest absolute Gasteiger partial charge is 0.493 e. The van der Waals surface area contributed by atoms with Gasteiger partial charge in [0.1, 0.15) is 11.6 Å². The Bertz CT molecular complexity index is 1230. The number of carbonyl (C=O) groups excluding carboxylic acids is 1. The van der Waals surface area contributed by atoms with E-state index >= 15 is 0 Å². The van der Waals surface area contributed by atoms with Gasteiger partial charge in [0.25, 0.3) is 0 Å². The lowest BCUT2D eigenvalue weighted by atomic mass is 9.78. The molecule has 4 nitrogen and oxygen atoms in total. The van der Waals surface area contributed by atoms with E-state index < -0.39 is 6.04 Å². The van der Waals surface area contributed by atoms with Crippen LogP contribution in [0.15, 0.2) is 84.1 Å². The molecule has 0 spiro atoms. The Kier molecular flexibility index (Phi) is 6.10. The van der Waals surface area contributed by atoms with E-state index in [1.807, 2.05) is 42.5 Å². The van der Waals surface area contributed by atoms with Crippen LogP contribution in [0, 0.1) is 11.7 Å². The smallest absolute Gasteiger partial charge is 0.163 e. The summed E-state index contributed by atoms with van der Waals surface area (Å²) in [6.07, 6.45) is 1.12. The zero-order chi connectivity index (χ0) is 23.7. The van der Waals surface area contributed by atoms with Gasteiger partial charge in [-0.3, -0.25) is 4.79 Å². The van der Waals surface area contributed by atoms with Crippen LogP contribution >= 0.6 is 0 Å². The molecule has 0 fully saturated rings. The maximum absolute atomic E-state index is 14.1. The van der Waals surface area contributed by atoms with Crippen molar-refractivity contribution in [1.29, 1.82) is 0 Å². The third-order valence-electron chi connectivity index (χ3n) is 6.43. The van der Waals surface area contributed by atoms with Gasteiger partial charge in [0.05, 0.1) is 24.0 Å². The highest BCUT2D eigenvalue weighted by Crippen LogP contribution is 2.44. The van der Waals surface area contributed by atoms with Crippen molar-refractivity contribution in [2.75, 3.05) is 17.2 Å². The standard InChI is InChI=1S/C29H29FN2O2/c1-18(2)17-34-23-12-10-19(11-13-23)21-15-26-28(27(33)16-21)29(20-6-5-7-22(30)14-20)32-25-9-4-3-8-24(25)31-26/h3-14,18,21,29,31-32H,15-17H2,1-2H3. The first-order valence-electron chi connectivity index (χ1n) is 11.8. The number of ether oxygens (including phenoxy) is 1. The molecule has 0 saturated carbocycles. The van der Waals surface area contributed by atoms with E-state index in [0.717, 1.165) is 33.9 Å². The molecule has 2 atom stereocenters. The van der Waals surface area contributed by atoms with Gasteiger partial charge in [0.15, 0.2) is 5.78 Å². The molecule has 5 heteroatoms. The summed E-state index contributed by atoms with van der Waals surface area (Å²) in [5, 5.41) is 7.02. The predicted molar refractivity (Wildman–Crippen MR) is 134 cm³/mol. The monoisotopic (exact) mass is 456 g/mol. The number of halogens is 1. The summed E-state index contributed by atoms with van der Waals surface area (Å²) in [5.41, 5.74) is 5.25. The third-order valence-corrected chi connectivity index (χ3v) is 6.43. The summed E-state index contributed by atoms with van der Waals surface area (Å²) in [7, 11) is 0. The molecule has 174 valence electrons. The summed E-state index contributed by atoms with van der Waals surface area (Å²) in [6.45, 7) is 4.92. The molecule has 3 aromatic rings. The Morgan fingerprint density at radius 1 is 0.941 bits per heavy atom. The van der Waals surface area contributed by atoms with Gasteiger partial charge in [-0.2, -0.15) is 0 Å². The second-order valence-corrected chi connectivity index (χ2v) is 9.50. The Morgan fingerprint density at radius 3 is 2.44 bits per heavy atom. The summed E-state index contributed by atoms with van der Waals surface area (Å²) >= 11 is 0. The van der Waals surface area contributed by atoms with Gasteiger partial charge in [0, 0.05) is 17.7 Å². The number of anilines is 2. The van der Waals surface area contributed by atoms with Crippen LogP contribution in [0.2, 0.25) is 0 Å². The van der Waals surface area contributed by atoms with E-state index in [1.54, 1.807) is 6.07 Å². The van der Waals surface area contributed by atoms with Crippen LogP contribution in [0.5, 0.6) is 5.75 Å².